The molecule has 1 saturated heterocycles. The number of thiophene rings is 1. The number of fused-ring (bicyclic) bond motifs is 3. The molecule has 228 valence electrons. The molecule has 45 heavy (non-hydrogen) atoms. The van der Waals surface area contributed by atoms with Crippen LogP contribution < -0.4 is 15.2 Å². The third kappa shape index (κ3) is 6.41. The molecule has 0 spiro atoms. The topological polar surface area (TPSA) is 76.9 Å². The van der Waals surface area contributed by atoms with Crippen LogP contribution in [0.2, 0.25) is 0 Å². The molecule has 0 N–H and O–H groups in total. The molecule has 7 rings (SSSR count). The highest BCUT2D eigenvalue weighted by molar-refractivity contribution is 7.17. The summed E-state index contributed by atoms with van der Waals surface area (Å²) in [7, 11) is 0. The van der Waals surface area contributed by atoms with Crippen LogP contribution in [0.25, 0.3) is 31.9 Å². The van der Waals surface area contributed by atoms with Crippen LogP contribution in [0.4, 0.5) is 5.69 Å². The molecule has 4 heterocycles. The first-order valence-electron chi connectivity index (χ1n) is 15.3. The number of anilines is 1. The third-order valence-electron chi connectivity index (χ3n) is 8.45. The van der Waals surface area contributed by atoms with E-state index in [-0.39, 0.29) is 12.3 Å². The van der Waals surface area contributed by atoms with E-state index in [1.807, 2.05) is 30.3 Å². The summed E-state index contributed by atoms with van der Waals surface area (Å²) >= 11 is 1.80. The maximum atomic E-state index is 12.8. The average molecular weight is 619 g/mol. The van der Waals surface area contributed by atoms with Crippen LogP contribution in [0, 0.1) is 0 Å². The summed E-state index contributed by atoms with van der Waals surface area (Å²) in [5.74, 6) is 0.185. The quantitative estimate of drug-likeness (QED) is 0.127. The van der Waals surface area contributed by atoms with E-state index in [0.717, 1.165) is 61.9 Å². The van der Waals surface area contributed by atoms with Gasteiger partial charge in [-0.3, -0.25) is 19.2 Å². The summed E-state index contributed by atoms with van der Waals surface area (Å²) in [4.78, 5) is 34.9. The summed E-state index contributed by atoms with van der Waals surface area (Å²) in [6, 6.07) is 26.7. The molecule has 0 radical (unpaired) electrons. The smallest absolute Gasteiger partial charge is 0.339 e. The largest absolute Gasteiger partial charge is 0.494 e. The number of pyridine rings is 2. The van der Waals surface area contributed by atoms with Crippen LogP contribution >= 0.6 is 11.3 Å². The normalized spacial score (nSPS) is 13.9. The van der Waals surface area contributed by atoms with Crippen LogP contribution in [-0.4, -0.2) is 59.8 Å². The number of ether oxygens (including phenoxy) is 2. The molecular weight excluding hydrogens is 584 g/mol. The molecule has 9 heteroatoms. The molecule has 3 aromatic carbocycles. The van der Waals surface area contributed by atoms with Gasteiger partial charge in [0.1, 0.15) is 5.75 Å². The van der Waals surface area contributed by atoms with E-state index in [2.05, 4.69) is 44.4 Å². The fourth-order valence-electron chi connectivity index (χ4n) is 5.99. The Morgan fingerprint density at radius 2 is 1.76 bits per heavy atom. The number of carbonyl (C=O) groups excluding carboxylic acids is 1. The van der Waals surface area contributed by atoms with Crippen molar-refractivity contribution in [2.75, 3.05) is 44.2 Å². The van der Waals surface area contributed by atoms with Gasteiger partial charge in [-0.15, -0.1) is 11.3 Å². The fourth-order valence-corrected chi connectivity index (χ4v) is 6.80. The van der Waals surface area contributed by atoms with Gasteiger partial charge in [0, 0.05) is 65.7 Å². The highest BCUT2D eigenvalue weighted by Gasteiger charge is 2.18. The number of rotatable bonds is 10. The van der Waals surface area contributed by atoms with Crippen LogP contribution in [0.3, 0.4) is 0 Å². The van der Waals surface area contributed by atoms with E-state index in [4.69, 9.17) is 9.47 Å². The first-order chi connectivity index (χ1) is 22.1. The molecule has 1 aliphatic rings. The predicted octanol–water partition coefficient (Wildman–Crippen LogP) is 6.56. The monoisotopic (exact) mass is 618 g/mol. The van der Waals surface area contributed by atoms with E-state index in [0.29, 0.717) is 23.4 Å². The maximum absolute atomic E-state index is 12.8. The zero-order valence-electron chi connectivity index (χ0n) is 24.9. The van der Waals surface area contributed by atoms with Gasteiger partial charge in [-0.2, -0.15) is 0 Å². The van der Waals surface area contributed by atoms with Crippen molar-refractivity contribution in [3.63, 3.8) is 0 Å². The molecular formula is C36H34N4O4S. The summed E-state index contributed by atoms with van der Waals surface area (Å²) in [6.45, 7) is 5.65. The molecule has 1 fully saturated rings. The first-order valence-corrected chi connectivity index (χ1v) is 16.2. The minimum absolute atomic E-state index is 0.195. The van der Waals surface area contributed by atoms with Gasteiger partial charge in [-0.1, -0.05) is 12.1 Å². The molecule has 1 aliphatic heterocycles. The standard InChI is InChI=1S/C36H34N4O4S/c41-35-13-10-26-8-11-29(24-33(26)40(35)25-44-36(42)28-9-12-31-27(23-28)5-4-15-37-31)43-21-2-1-16-38-17-19-39(20-18-38)32-6-3-7-34-30(32)14-22-45-34/h3-15,22-24H,1-2,16-21,25H2. The Bertz CT molecular complexity index is 2030. The Balaban J connectivity index is 0.908. The van der Waals surface area contributed by atoms with Gasteiger partial charge < -0.3 is 14.4 Å². The van der Waals surface area contributed by atoms with Crippen molar-refractivity contribution in [1.82, 2.24) is 14.5 Å². The average Bonchev–Trinajstić information content (AvgIpc) is 3.57. The van der Waals surface area contributed by atoms with Crippen LogP contribution in [0.5, 0.6) is 5.75 Å². The van der Waals surface area contributed by atoms with Gasteiger partial charge in [-0.25, -0.2) is 4.79 Å². The van der Waals surface area contributed by atoms with Gasteiger partial charge in [0.25, 0.3) is 5.56 Å². The van der Waals surface area contributed by atoms with E-state index in [1.54, 1.807) is 41.8 Å². The van der Waals surface area contributed by atoms with E-state index in [9.17, 15) is 9.59 Å². The van der Waals surface area contributed by atoms with Crippen molar-refractivity contribution in [1.29, 1.82) is 0 Å². The van der Waals surface area contributed by atoms with Gasteiger partial charge in [0.15, 0.2) is 6.73 Å². The molecule has 0 amide bonds. The summed E-state index contributed by atoms with van der Waals surface area (Å²) in [5, 5.41) is 5.25. The predicted molar refractivity (Wildman–Crippen MR) is 181 cm³/mol. The Morgan fingerprint density at radius 3 is 2.67 bits per heavy atom. The molecule has 0 aliphatic carbocycles. The summed E-state index contributed by atoms with van der Waals surface area (Å²) in [5.41, 5.74) is 2.97. The molecule has 0 bridgehead atoms. The lowest BCUT2D eigenvalue weighted by molar-refractivity contribution is 0.0374. The summed E-state index contributed by atoms with van der Waals surface area (Å²) < 4.78 is 14.5. The highest BCUT2D eigenvalue weighted by atomic mass is 32.1. The van der Waals surface area contributed by atoms with E-state index >= 15 is 0 Å². The van der Waals surface area contributed by atoms with Gasteiger partial charge in [0.05, 0.1) is 23.2 Å². The van der Waals surface area contributed by atoms with Gasteiger partial charge in [0.2, 0.25) is 0 Å². The van der Waals surface area contributed by atoms with Crippen molar-refractivity contribution < 1.29 is 14.3 Å². The van der Waals surface area contributed by atoms with Crippen molar-refractivity contribution in [2.24, 2.45) is 0 Å². The highest BCUT2D eigenvalue weighted by Crippen LogP contribution is 2.31. The fraction of sp³-hybridized carbons (Fsp3) is 0.250. The SMILES string of the molecule is O=C(OCn1c(=O)ccc2ccc(OCCCCN3CCN(c4cccc5sccc45)CC3)cc21)c1ccc2ncccc2c1. The second kappa shape index (κ2) is 13.1. The van der Waals surface area contributed by atoms with E-state index in [1.165, 1.54) is 26.4 Å². The van der Waals surface area contributed by atoms with Crippen molar-refractivity contribution in [3.05, 3.63) is 112 Å². The first kappa shape index (κ1) is 29.0. The molecule has 8 nitrogen and oxygen atoms in total. The van der Waals surface area contributed by atoms with Crippen molar-refractivity contribution in [3.8, 4) is 5.75 Å². The van der Waals surface area contributed by atoms with Crippen molar-refractivity contribution >= 4 is 54.9 Å². The van der Waals surface area contributed by atoms with Crippen LogP contribution in [-0.2, 0) is 11.5 Å². The Morgan fingerprint density at radius 1 is 0.867 bits per heavy atom. The Labute approximate surface area is 265 Å². The number of unbranched alkanes of at least 4 members (excludes halogenated alkanes) is 1. The number of benzene rings is 3. The molecule has 3 aromatic heterocycles. The number of carbonyl (C=O) groups is 1. The molecule has 6 aromatic rings. The zero-order valence-corrected chi connectivity index (χ0v) is 25.7. The van der Waals surface area contributed by atoms with E-state index < -0.39 is 5.97 Å². The Kier molecular flexibility index (Phi) is 8.44. The zero-order chi connectivity index (χ0) is 30.6. The number of hydrogen-bond acceptors (Lipinski definition) is 8. The molecule has 0 saturated carbocycles. The minimum Gasteiger partial charge on any atom is -0.494 e. The lowest BCUT2D eigenvalue weighted by Crippen LogP contribution is -2.46. The lowest BCUT2D eigenvalue weighted by Gasteiger charge is -2.36. The minimum atomic E-state index is -0.502. The number of piperazine rings is 1. The second-order valence-electron chi connectivity index (χ2n) is 11.3. The third-order valence-corrected chi connectivity index (χ3v) is 9.33. The maximum Gasteiger partial charge on any atom is 0.339 e. The number of nitrogens with zero attached hydrogens (tertiary/aromatic N) is 4. The van der Waals surface area contributed by atoms with Gasteiger partial charge in [-0.05, 0) is 90.8 Å². The number of hydrogen-bond donors (Lipinski definition) is 0. The number of esters is 1. The lowest BCUT2D eigenvalue weighted by atomic mass is 10.1. The van der Waals surface area contributed by atoms with Gasteiger partial charge >= 0.3 is 5.97 Å². The Hall–Kier alpha value is -4.73. The molecule has 0 unspecified atom stereocenters. The number of aromatic nitrogens is 2. The summed E-state index contributed by atoms with van der Waals surface area (Å²) in [6.07, 6.45) is 3.70. The van der Waals surface area contributed by atoms with Crippen molar-refractivity contribution in [2.45, 2.75) is 19.6 Å². The molecule has 0 atom stereocenters. The van der Waals surface area contributed by atoms with Crippen LogP contribution in [0.15, 0.2) is 101 Å². The van der Waals surface area contributed by atoms with Crippen LogP contribution in [0.1, 0.15) is 23.2 Å². The second-order valence-corrected chi connectivity index (χ2v) is 12.2.